The van der Waals surface area contributed by atoms with Crippen LogP contribution in [0.1, 0.15) is 5.56 Å². The first-order chi connectivity index (χ1) is 10.6. The lowest BCUT2D eigenvalue weighted by Crippen LogP contribution is -2.32. The normalized spacial score (nSPS) is 10.5. The first-order valence-corrected chi connectivity index (χ1v) is 7.52. The van der Waals surface area contributed by atoms with E-state index in [9.17, 15) is 4.79 Å². The molecular formula is C16H12Cl2N2OS. The van der Waals surface area contributed by atoms with E-state index >= 15 is 0 Å². The number of halogens is 2. The van der Waals surface area contributed by atoms with Crippen molar-refractivity contribution >= 4 is 58.2 Å². The molecule has 2 aromatic carbocycles. The van der Waals surface area contributed by atoms with Crippen LogP contribution < -0.4 is 10.6 Å². The van der Waals surface area contributed by atoms with Gasteiger partial charge in [-0.3, -0.25) is 10.1 Å². The van der Waals surface area contributed by atoms with E-state index in [4.69, 9.17) is 35.4 Å². The molecule has 112 valence electrons. The Bertz CT molecular complexity index is 732. The summed E-state index contributed by atoms with van der Waals surface area (Å²) in [4.78, 5) is 11.8. The summed E-state index contributed by atoms with van der Waals surface area (Å²) in [6, 6.07) is 14.3. The molecule has 22 heavy (non-hydrogen) atoms. The van der Waals surface area contributed by atoms with Crippen molar-refractivity contribution in [2.75, 3.05) is 5.32 Å². The van der Waals surface area contributed by atoms with E-state index in [0.29, 0.717) is 15.7 Å². The molecule has 0 saturated carbocycles. The topological polar surface area (TPSA) is 41.1 Å². The number of benzene rings is 2. The van der Waals surface area contributed by atoms with Gasteiger partial charge in [-0.25, -0.2) is 0 Å². The van der Waals surface area contributed by atoms with Gasteiger partial charge in [0.15, 0.2) is 5.11 Å². The average molecular weight is 351 g/mol. The molecule has 2 aromatic rings. The van der Waals surface area contributed by atoms with Gasteiger partial charge in [0, 0.05) is 11.1 Å². The lowest BCUT2D eigenvalue weighted by molar-refractivity contribution is -0.115. The highest BCUT2D eigenvalue weighted by atomic mass is 35.5. The number of thiocarbonyl (C=S) groups is 1. The van der Waals surface area contributed by atoms with Gasteiger partial charge in [0.2, 0.25) is 5.91 Å². The number of carbonyl (C=O) groups excluding carboxylic acids is 1. The smallest absolute Gasteiger partial charge is 0.250 e. The first-order valence-electron chi connectivity index (χ1n) is 6.35. The van der Waals surface area contributed by atoms with E-state index in [2.05, 4.69) is 10.6 Å². The minimum absolute atomic E-state index is 0.168. The first kappa shape index (κ1) is 16.5. The summed E-state index contributed by atoms with van der Waals surface area (Å²) < 4.78 is 0. The van der Waals surface area contributed by atoms with Crippen LogP contribution in [-0.2, 0) is 4.79 Å². The van der Waals surface area contributed by atoms with E-state index in [1.807, 2.05) is 30.3 Å². The molecule has 0 radical (unpaired) electrons. The number of hydrogen-bond donors (Lipinski definition) is 2. The summed E-state index contributed by atoms with van der Waals surface area (Å²) in [5, 5.41) is 6.66. The molecule has 0 heterocycles. The van der Waals surface area contributed by atoms with Gasteiger partial charge in [-0.2, -0.15) is 0 Å². The Morgan fingerprint density at radius 1 is 1.00 bits per heavy atom. The van der Waals surface area contributed by atoms with Crippen LogP contribution in [-0.4, -0.2) is 11.0 Å². The minimum Gasteiger partial charge on any atom is -0.331 e. The fourth-order valence-corrected chi connectivity index (χ4v) is 2.24. The molecule has 0 saturated heterocycles. The van der Waals surface area contributed by atoms with E-state index in [1.165, 1.54) is 6.08 Å². The maximum atomic E-state index is 11.8. The highest BCUT2D eigenvalue weighted by Gasteiger charge is 2.04. The van der Waals surface area contributed by atoms with Gasteiger partial charge in [0.05, 0.1) is 10.7 Å². The molecule has 0 aliphatic heterocycles. The van der Waals surface area contributed by atoms with Crippen molar-refractivity contribution < 1.29 is 4.79 Å². The number of carbonyl (C=O) groups is 1. The molecule has 0 aliphatic rings. The fourth-order valence-electron chi connectivity index (χ4n) is 1.65. The van der Waals surface area contributed by atoms with Crippen LogP contribution in [0.5, 0.6) is 0 Å². The van der Waals surface area contributed by atoms with Gasteiger partial charge in [-0.15, -0.1) is 0 Å². The Labute approximate surface area is 143 Å². The maximum Gasteiger partial charge on any atom is 0.250 e. The molecule has 0 spiro atoms. The predicted molar refractivity (Wildman–Crippen MR) is 96.3 cm³/mol. The van der Waals surface area contributed by atoms with Gasteiger partial charge in [-0.05, 0) is 42.1 Å². The molecule has 0 atom stereocenters. The number of para-hydroxylation sites is 1. The summed E-state index contributed by atoms with van der Waals surface area (Å²) in [5.41, 5.74) is 1.38. The molecule has 0 fully saturated rings. The van der Waals surface area contributed by atoms with Crippen molar-refractivity contribution in [3.63, 3.8) is 0 Å². The van der Waals surface area contributed by atoms with Gasteiger partial charge in [0.1, 0.15) is 0 Å². The molecule has 0 unspecified atom stereocenters. The summed E-state index contributed by atoms with van der Waals surface area (Å²) in [6.45, 7) is 0. The van der Waals surface area contributed by atoms with Crippen LogP contribution in [0.3, 0.4) is 0 Å². The zero-order valence-electron chi connectivity index (χ0n) is 11.3. The van der Waals surface area contributed by atoms with Gasteiger partial charge >= 0.3 is 0 Å². The van der Waals surface area contributed by atoms with Crippen LogP contribution in [0.2, 0.25) is 10.0 Å². The summed E-state index contributed by atoms with van der Waals surface area (Å²) in [6.07, 6.45) is 2.98. The number of hydrogen-bond acceptors (Lipinski definition) is 2. The molecule has 2 N–H and O–H groups in total. The molecule has 2 rings (SSSR count). The molecule has 1 amide bonds. The van der Waals surface area contributed by atoms with Crippen LogP contribution >= 0.6 is 35.4 Å². The van der Waals surface area contributed by atoms with Crippen molar-refractivity contribution in [2.24, 2.45) is 0 Å². The van der Waals surface area contributed by atoms with Crippen LogP contribution in [0, 0.1) is 0 Å². The highest BCUT2D eigenvalue weighted by Crippen LogP contribution is 2.20. The number of nitrogens with one attached hydrogen (secondary N) is 2. The zero-order chi connectivity index (χ0) is 15.9. The maximum absolute atomic E-state index is 11.8. The summed E-state index contributed by atoms with van der Waals surface area (Å²) >= 11 is 17.1. The Balaban J connectivity index is 1.93. The fraction of sp³-hybridized carbons (Fsp3) is 0. The monoisotopic (exact) mass is 350 g/mol. The van der Waals surface area contributed by atoms with Crippen LogP contribution in [0.4, 0.5) is 5.69 Å². The standard InChI is InChI=1S/C16H12Cl2N2OS/c17-12-6-2-1-5-11(12)9-10-15(21)20-16(22)19-14-8-4-3-7-13(14)18/h1-10H,(H2,19,20,21,22). The molecule has 0 bridgehead atoms. The Morgan fingerprint density at radius 3 is 2.32 bits per heavy atom. The lowest BCUT2D eigenvalue weighted by atomic mass is 10.2. The largest absolute Gasteiger partial charge is 0.331 e. The zero-order valence-corrected chi connectivity index (χ0v) is 13.7. The number of rotatable bonds is 3. The second kappa shape index (κ2) is 7.94. The third kappa shape index (κ3) is 4.84. The lowest BCUT2D eigenvalue weighted by Gasteiger charge is -2.09. The van der Waals surface area contributed by atoms with Gasteiger partial charge in [0.25, 0.3) is 0 Å². The molecule has 3 nitrogen and oxygen atoms in total. The van der Waals surface area contributed by atoms with Gasteiger partial charge < -0.3 is 5.32 Å². The third-order valence-electron chi connectivity index (χ3n) is 2.68. The Kier molecular flexibility index (Phi) is 5.95. The van der Waals surface area contributed by atoms with E-state index in [0.717, 1.165) is 5.56 Å². The van der Waals surface area contributed by atoms with E-state index < -0.39 is 0 Å². The second-order valence-electron chi connectivity index (χ2n) is 4.28. The van der Waals surface area contributed by atoms with Gasteiger partial charge in [-0.1, -0.05) is 53.5 Å². The van der Waals surface area contributed by atoms with E-state index in [1.54, 1.807) is 24.3 Å². The third-order valence-corrected chi connectivity index (χ3v) is 3.56. The Hall–Kier alpha value is -1.88. The van der Waals surface area contributed by atoms with Crippen molar-refractivity contribution in [3.8, 4) is 0 Å². The van der Waals surface area contributed by atoms with Crippen LogP contribution in [0.15, 0.2) is 54.6 Å². The van der Waals surface area contributed by atoms with Crippen molar-refractivity contribution in [1.29, 1.82) is 0 Å². The van der Waals surface area contributed by atoms with Crippen molar-refractivity contribution in [3.05, 3.63) is 70.2 Å². The SMILES string of the molecule is O=C(C=Cc1ccccc1Cl)NC(=S)Nc1ccccc1Cl. The second-order valence-corrected chi connectivity index (χ2v) is 5.50. The average Bonchev–Trinajstić information content (AvgIpc) is 2.49. The van der Waals surface area contributed by atoms with E-state index in [-0.39, 0.29) is 11.0 Å². The number of amides is 1. The summed E-state index contributed by atoms with van der Waals surface area (Å²) in [7, 11) is 0. The summed E-state index contributed by atoms with van der Waals surface area (Å²) in [5.74, 6) is -0.357. The molecule has 0 aliphatic carbocycles. The number of anilines is 1. The highest BCUT2D eigenvalue weighted by molar-refractivity contribution is 7.80. The Morgan fingerprint density at radius 2 is 1.64 bits per heavy atom. The minimum atomic E-state index is -0.357. The predicted octanol–water partition coefficient (Wildman–Crippen LogP) is 4.52. The molecule has 0 aromatic heterocycles. The van der Waals surface area contributed by atoms with Crippen molar-refractivity contribution in [2.45, 2.75) is 0 Å². The van der Waals surface area contributed by atoms with Crippen molar-refractivity contribution in [1.82, 2.24) is 5.32 Å². The van der Waals surface area contributed by atoms with Crippen LogP contribution in [0.25, 0.3) is 6.08 Å². The molecular weight excluding hydrogens is 339 g/mol. The molecule has 6 heteroatoms. The quantitative estimate of drug-likeness (QED) is 0.631.